The second kappa shape index (κ2) is 10.2. The minimum absolute atomic E-state index is 0.00776. The van der Waals surface area contributed by atoms with Crippen LogP contribution >= 0.6 is 0 Å². The number of carbonyl (C=O) groups is 2. The van der Waals surface area contributed by atoms with Crippen molar-refractivity contribution in [1.29, 1.82) is 0 Å². The zero-order valence-corrected chi connectivity index (χ0v) is 18.8. The van der Waals surface area contributed by atoms with Gasteiger partial charge < -0.3 is 10.1 Å². The monoisotopic (exact) mass is 437 g/mol. The number of aryl methyl sites for hydroxylation is 1. The topological polar surface area (TPSA) is 87.7 Å². The summed E-state index contributed by atoms with van der Waals surface area (Å²) in [5.74, 6) is 1.74. The number of rotatable bonds is 8. The molecule has 2 aliphatic heterocycles. The van der Waals surface area contributed by atoms with Crippen LogP contribution in [0.25, 0.3) is 0 Å². The molecule has 2 aromatic rings. The van der Waals surface area contributed by atoms with Gasteiger partial charge >= 0.3 is 0 Å². The van der Waals surface area contributed by atoms with E-state index in [1.807, 2.05) is 37.3 Å². The van der Waals surface area contributed by atoms with E-state index >= 15 is 0 Å². The Kier molecular flexibility index (Phi) is 7.12. The van der Waals surface area contributed by atoms with Gasteiger partial charge in [0.1, 0.15) is 11.6 Å². The third kappa shape index (κ3) is 5.14. The zero-order chi connectivity index (χ0) is 22.5. The summed E-state index contributed by atoms with van der Waals surface area (Å²) in [5, 5.41) is 2.88. The van der Waals surface area contributed by atoms with Crippen molar-refractivity contribution in [2.24, 2.45) is 0 Å². The maximum atomic E-state index is 12.8. The fourth-order valence-corrected chi connectivity index (χ4v) is 4.47. The van der Waals surface area contributed by atoms with Crippen LogP contribution in [0.3, 0.4) is 0 Å². The average molecular weight is 438 g/mol. The van der Waals surface area contributed by atoms with E-state index < -0.39 is 0 Å². The summed E-state index contributed by atoms with van der Waals surface area (Å²) in [5.41, 5.74) is 2.89. The molecule has 2 aliphatic rings. The maximum absolute atomic E-state index is 12.8. The molecule has 0 saturated carbocycles. The largest absolute Gasteiger partial charge is 0.383 e. The Hall–Kier alpha value is -2.84. The van der Waals surface area contributed by atoms with Gasteiger partial charge in [-0.3, -0.25) is 19.4 Å². The molecule has 8 heteroatoms. The summed E-state index contributed by atoms with van der Waals surface area (Å²) in [6.07, 6.45) is 2.32. The highest BCUT2D eigenvalue weighted by molar-refractivity contribution is 6.00. The quantitative estimate of drug-likeness (QED) is 0.634. The van der Waals surface area contributed by atoms with Crippen LogP contribution in [0.2, 0.25) is 0 Å². The number of hydrogen-bond donors (Lipinski definition) is 1. The first-order valence-electron chi connectivity index (χ1n) is 11.2. The van der Waals surface area contributed by atoms with Gasteiger partial charge in [0.05, 0.1) is 26.1 Å². The van der Waals surface area contributed by atoms with E-state index in [1.165, 1.54) is 0 Å². The van der Waals surface area contributed by atoms with E-state index in [9.17, 15) is 9.59 Å². The van der Waals surface area contributed by atoms with Crippen molar-refractivity contribution in [3.05, 3.63) is 53.0 Å². The Bertz CT molecular complexity index is 966. The molecule has 8 nitrogen and oxygen atoms in total. The third-order valence-electron chi connectivity index (χ3n) is 6.14. The normalized spacial score (nSPS) is 18.6. The van der Waals surface area contributed by atoms with Crippen LogP contribution in [-0.2, 0) is 27.3 Å². The van der Waals surface area contributed by atoms with Crippen molar-refractivity contribution >= 4 is 17.6 Å². The molecule has 32 heavy (non-hydrogen) atoms. The van der Waals surface area contributed by atoms with E-state index in [2.05, 4.69) is 10.2 Å². The number of likely N-dealkylation sites (tertiary alicyclic amines) is 1. The third-order valence-corrected chi connectivity index (χ3v) is 6.14. The molecule has 3 heterocycles. The Labute approximate surface area is 189 Å². The van der Waals surface area contributed by atoms with Crippen LogP contribution in [0.1, 0.15) is 41.4 Å². The lowest BCUT2D eigenvalue weighted by molar-refractivity contribution is -0.122. The van der Waals surface area contributed by atoms with Crippen molar-refractivity contribution in [3.63, 3.8) is 0 Å². The summed E-state index contributed by atoms with van der Waals surface area (Å²) < 4.78 is 4.99. The van der Waals surface area contributed by atoms with Gasteiger partial charge in [-0.1, -0.05) is 30.3 Å². The molecule has 0 aliphatic carbocycles. The molecule has 0 bridgehead atoms. The van der Waals surface area contributed by atoms with E-state index in [0.29, 0.717) is 32.7 Å². The van der Waals surface area contributed by atoms with Gasteiger partial charge in [0.25, 0.3) is 0 Å². The van der Waals surface area contributed by atoms with Gasteiger partial charge in [-0.15, -0.1) is 0 Å². The van der Waals surface area contributed by atoms with Crippen LogP contribution < -0.4 is 10.2 Å². The average Bonchev–Trinajstić information content (AvgIpc) is 3.11. The van der Waals surface area contributed by atoms with Crippen LogP contribution in [0.5, 0.6) is 0 Å². The number of benzene rings is 1. The number of piperidine rings is 1. The number of aromatic nitrogens is 2. The van der Waals surface area contributed by atoms with Crippen molar-refractivity contribution in [3.8, 4) is 0 Å². The molecule has 0 radical (unpaired) electrons. The van der Waals surface area contributed by atoms with Crippen LogP contribution in [0.4, 0.5) is 5.82 Å². The highest BCUT2D eigenvalue weighted by atomic mass is 16.5. The minimum Gasteiger partial charge on any atom is -0.383 e. The molecule has 1 saturated heterocycles. The molecule has 2 amide bonds. The molecule has 1 aromatic carbocycles. The fourth-order valence-electron chi connectivity index (χ4n) is 4.47. The molecular weight excluding hydrogens is 406 g/mol. The van der Waals surface area contributed by atoms with Crippen molar-refractivity contribution in [1.82, 2.24) is 20.2 Å². The van der Waals surface area contributed by atoms with Crippen LogP contribution in [0.15, 0.2) is 30.3 Å². The van der Waals surface area contributed by atoms with E-state index in [1.54, 1.807) is 12.0 Å². The summed E-state index contributed by atoms with van der Waals surface area (Å²) in [7, 11) is 1.62. The summed E-state index contributed by atoms with van der Waals surface area (Å²) in [6.45, 7) is 5.50. The summed E-state index contributed by atoms with van der Waals surface area (Å²) >= 11 is 0. The second-order valence-corrected chi connectivity index (χ2v) is 8.53. The lowest BCUT2D eigenvalue weighted by Crippen LogP contribution is -2.43. The zero-order valence-electron chi connectivity index (χ0n) is 18.8. The van der Waals surface area contributed by atoms with E-state index in [-0.39, 0.29) is 17.7 Å². The Balaban J connectivity index is 1.48. The fraction of sp³-hybridized carbons (Fsp3) is 0.500. The number of ether oxygens (including phenoxy) is 1. The standard InChI is InChI=1S/C24H31N5O3/c1-17-20-13-22(31)29(14-18-7-4-3-5-8-18)24(20)27-23(26-17)19-9-6-11-28(15-19)16-21(30)25-10-12-32-2/h3-5,7-8,19H,6,9-16H2,1-2H3,(H,25,30). The minimum atomic E-state index is 0.00776. The molecule has 1 unspecified atom stereocenters. The highest BCUT2D eigenvalue weighted by Gasteiger charge is 2.33. The summed E-state index contributed by atoms with van der Waals surface area (Å²) in [4.78, 5) is 38.6. The number of anilines is 1. The van der Waals surface area contributed by atoms with E-state index in [0.717, 1.165) is 54.4 Å². The molecule has 0 spiro atoms. The number of methoxy groups -OCH3 is 1. The maximum Gasteiger partial charge on any atom is 0.234 e. The number of nitrogens with zero attached hydrogens (tertiary/aromatic N) is 4. The number of nitrogens with one attached hydrogen (secondary N) is 1. The molecule has 1 aromatic heterocycles. The molecule has 4 rings (SSSR count). The van der Waals surface area contributed by atoms with Gasteiger partial charge in [0.2, 0.25) is 11.8 Å². The first-order chi connectivity index (χ1) is 15.5. The Morgan fingerprint density at radius 2 is 2.06 bits per heavy atom. The number of carbonyl (C=O) groups excluding carboxylic acids is 2. The van der Waals surface area contributed by atoms with Gasteiger partial charge in [0, 0.05) is 37.4 Å². The van der Waals surface area contributed by atoms with Crippen molar-refractivity contribution < 1.29 is 14.3 Å². The second-order valence-electron chi connectivity index (χ2n) is 8.53. The van der Waals surface area contributed by atoms with Crippen molar-refractivity contribution in [2.45, 2.75) is 38.6 Å². The molecule has 1 N–H and O–H groups in total. The molecule has 170 valence electrons. The van der Waals surface area contributed by atoms with Gasteiger partial charge in [-0.2, -0.15) is 0 Å². The first-order valence-corrected chi connectivity index (χ1v) is 11.2. The predicted molar refractivity (Wildman–Crippen MR) is 121 cm³/mol. The molecule has 1 atom stereocenters. The SMILES string of the molecule is COCCNC(=O)CN1CCCC(c2nc(C)c3c(n2)N(Cc2ccccc2)C(=O)C3)C1. The van der Waals surface area contributed by atoms with Gasteiger partial charge in [-0.25, -0.2) is 9.97 Å². The van der Waals surface area contributed by atoms with Crippen molar-refractivity contribution in [2.75, 3.05) is 44.8 Å². The number of amides is 2. The molecular formula is C24H31N5O3. The smallest absolute Gasteiger partial charge is 0.234 e. The first kappa shape index (κ1) is 22.4. The van der Waals surface area contributed by atoms with Gasteiger partial charge in [-0.05, 0) is 31.9 Å². The highest BCUT2D eigenvalue weighted by Crippen LogP contribution is 2.33. The lowest BCUT2D eigenvalue weighted by Gasteiger charge is -2.31. The van der Waals surface area contributed by atoms with E-state index in [4.69, 9.17) is 14.7 Å². The Morgan fingerprint density at radius 1 is 1.25 bits per heavy atom. The molecule has 1 fully saturated rings. The number of fused-ring (bicyclic) bond motifs is 1. The predicted octanol–water partition coefficient (Wildman–Crippen LogP) is 1.82. The Morgan fingerprint density at radius 3 is 2.84 bits per heavy atom. The number of hydrogen-bond acceptors (Lipinski definition) is 6. The van der Waals surface area contributed by atoms with Crippen LogP contribution in [0, 0.1) is 6.92 Å². The van der Waals surface area contributed by atoms with Crippen LogP contribution in [-0.4, -0.2) is 66.6 Å². The van der Waals surface area contributed by atoms with Gasteiger partial charge in [0.15, 0.2) is 0 Å². The summed E-state index contributed by atoms with van der Waals surface area (Å²) in [6, 6.07) is 9.99. The lowest BCUT2D eigenvalue weighted by atomic mass is 9.96.